The zero-order chi connectivity index (χ0) is 7.94. The summed E-state index contributed by atoms with van der Waals surface area (Å²) in [5, 5.41) is 0. The van der Waals surface area contributed by atoms with Crippen molar-refractivity contribution in [2.45, 2.75) is 19.3 Å². The maximum Gasteiger partial charge on any atom is 0.0277 e. The van der Waals surface area contributed by atoms with Gasteiger partial charge in [0.1, 0.15) is 0 Å². The first-order valence-electron chi connectivity index (χ1n) is 4.19. The van der Waals surface area contributed by atoms with E-state index in [0.29, 0.717) is 0 Å². The predicted molar refractivity (Wildman–Crippen MR) is 50.0 cm³/mol. The van der Waals surface area contributed by atoms with Crippen LogP contribution in [0, 0.1) is 5.92 Å². The molecule has 0 saturated heterocycles. The monoisotopic (exact) mass is 149 g/mol. The van der Waals surface area contributed by atoms with E-state index in [2.05, 4.69) is 17.1 Å². The number of hydrogen-bond acceptors (Lipinski definition) is 1. The highest BCUT2D eigenvalue weighted by atomic mass is 14.6. The molecule has 0 unspecified atom stereocenters. The Hall–Kier alpha value is -0.850. The maximum atomic E-state index is 3.84. The Balaban J connectivity index is 2.13. The molecule has 1 saturated carbocycles. The Morgan fingerprint density at radius 1 is 1.18 bits per heavy atom. The molecule has 1 nitrogen and oxygen atoms in total. The summed E-state index contributed by atoms with van der Waals surface area (Å²) in [6, 6.07) is 0. The van der Waals surface area contributed by atoms with Crippen LogP contribution >= 0.6 is 0 Å². The summed E-state index contributed by atoms with van der Waals surface area (Å²) in [6.07, 6.45) is 14.4. The van der Waals surface area contributed by atoms with E-state index >= 15 is 0 Å². The van der Waals surface area contributed by atoms with Gasteiger partial charge in [-0.25, -0.2) is 0 Å². The third-order valence-electron chi connectivity index (χ3n) is 1.99. The SMILES string of the molecule is CN=C/C=C\C=C\C1CCC1. The molecule has 0 aromatic rings. The number of rotatable bonds is 3. The van der Waals surface area contributed by atoms with Crippen molar-refractivity contribution in [2.24, 2.45) is 10.9 Å². The summed E-state index contributed by atoms with van der Waals surface area (Å²) < 4.78 is 0. The molecule has 60 valence electrons. The van der Waals surface area contributed by atoms with E-state index in [1.807, 2.05) is 12.2 Å². The van der Waals surface area contributed by atoms with E-state index in [0.717, 1.165) is 5.92 Å². The van der Waals surface area contributed by atoms with Crippen LogP contribution in [0.15, 0.2) is 29.3 Å². The van der Waals surface area contributed by atoms with Crippen LogP contribution in [0.25, 0.3) is 0 Å². The Kier molecular flexibility index (Phi) is 3.67. The minimum Gasteiger partial charge on any atom is -0.297 e. The largest absolute Gasteiger partial charge is 0.297 e. The number of hydrogen-bond donors (Lipinski definition) is 0. The van der Waals surface area contributed by atoms with Gasteiger partial charge in [-0.1, -0.05) is 24.6 Å². The molecule has 0 atom stereocenters. The van der Waals surface area contributed by atoms with E-state index in [9.17, 15) is 0 Å². The maximum absolute atomic E-state index is 3.84. The fourth-order valence-electron chi connectivity index (χ4n) is 1.05. The zero-order valence-corrected chi connectivity index (χ0v) is 7.03. The van der Waals surface area contributed by atoms with Crippen LogP contribution in [-0.4, -0.2) is 13.3 Å². The second kappa shape index (κ2) is 4.89. The molecule has 0 amide bonds. The standard InChI is InChI=1S/C10H15N/c1-11-9-4-2-3-6-10-7-5-8-10/h2-4,6,9-10H,5,7-8H2,1H3/b4-2-,6-3+,11-9?. The highest BCUT2D eigenvalue weighted by Gasteiger charge is 2.12. The minimum absolute atomic E-state index is 0.859. The van der Waals surface area contributed by atoms with Gasteiger partial charge < -0.3 is 0 Å². The summed E-state index contributed by atoms with van der Waals surface area (Å²) in [4.78, 5) is 3.84. The molecular weight excluding hydrogens is 134 g/mol. The minimum atomic E-state index is 0.859. The molecule has 0 radical (unpaired) electrons. The van der Waals surface area contributed by atoms with Gasteiger partial charge in [0, 0.05) is 13.3 Å². The van der Waals surface area contributed by atoms with E-state index in [-0.39, 0.29) is 0 Å². The van der Waals surface area contributed by atoms with Crippen LogP contribution < -0.4 is 0 Å². The van der Waals surface area contributed by atoms with Crippen LogP contribution in [0.1, 0.15) is 19.3 Å². The summed E-state index contributed by atoms with van der Waals surface area (Å²) in [7, 11) is 1.78. The first-order chi connectivity index (χ1) is 5.43. The van der Waals surface area contributed by atoms with Crippen molar-refractivity contribution in [2.75, 3.05) is 7.05 Å². The highest BCUT2D eigenvalue weighted by Crippen LogP contribution is 2.27. The van der Waals surface area contributed by atoms with Crippen molar-refractivity contribution in [3.63, 3.8) is 0 Å². The second-order valence-electron chi connectivity index (χ2n) is 2.87. The quantitative estimate of drug-likeness (QED) is 0.432. The van der Waals surface area contributed by atoms with Gasteiger partial charge in [0.25, 0.3) is 0 Å². The molecule has 0 heterocycles. The van der Waals surface area contributed by atoms with Crippen LogP contribution in [0.5, 0.6) is 0 Å². The van der Waals surface area contributed by atoms with Crippen molar-refractivity contribution < 1.29 is 0 Å². The lowest BCUT2D eigenvalue weighted by Gasteiger charge is -2.20. The van der Waals surface area contributed by atoms with E-state index in [1.165, 1.54) is 19.3 Å². The van der Waals surface area contributed by atoms with Gasteiger partial charge in [0.15, 0.2) is 0 Å². The van der Waals surface area contributed by atoms with Gasteiger partial charge in [-0.15, -0.1) is 0 Å². The van der Waals surface area contributed by atoms with Gasteiger partial charge >= 0.3 is 0 Å². The normalized spacial score (nSPS) is 20.5. The van der Waals surface area contributed by atoms with E-state index < -0.39 is 0 Å². The van der Waals surface area contributed by atoms with Crippen LogP contribution in [0.2, 0.25) is 0 Å². The lowest BCUT2D eigenvalue weighted by atomic mass is 9.85. The lowest BCUT2D eigenvalue weighted by molar-refractivity contribution is 0.388. The smallest absolute Gasteiger partial charge is 0.0277 e. The molecule has 1 aliphatic rings. The molecular formula is C10H15N. The topological polar surface area (TPSA) is 12.4 Å². The molecule has 1 fully saturated rings. The average Bonchev–Trinajstić information content (AvgIpc) is 1.93. The molecule has 0 N–H and O–H groups in total. The molecule has 0 aromatic heterocycles. The third-order valence-corrected chi connectivity index (χ3v) is 1.99. The molecule has 0 spiro atoms. The second-order valence-corrected chi connectivity index (χ2v) is 2.87. The Labute approximate surface area is 68.5 Å². The molecule has 11 heavy (non-hydrogen) atoms. The average molecular weight is 149 g/mol. The predicted octanol–water partition coefficient (Wildman–Crippen LogP) is 2.60. The van der Waals surface area contributed by atoms with Gasteiger partial charge in [-0.05, 0) is 24.8 Å². The molecule has 1 aliphatic carbocycles. The fourth-order valence-corrected chi connectivity index (χ4v) is 1.05. The van der Waals surface area contributed by atoms with Crippen LogP contribution in [0.3, 0.4) is 0 Å². The molecule has 0 aliphatic heterocycles. The summed E-state index contributed by atoms with van der Waals surface area (Å²) >= 11 is 0. The van der Waals surface area contributed by atoms with Crippen molar-refractivity contribution >= 4 is 6.21 Å². The summed E-state index contributed by atoms with van der Waals surface area (Å²) in [5.41, 5.74) is 0. The number of aliphatic imine (C=N–C) groups is 1. The Morgan fingerprint density at radius 3 is 2.55 bits per heavy atom. The van der Waals surface area contributed by atoms with Gasteiger partial charge in [-0.2, -0.15) is 0 Å². The number of nitrogens with zero attached hydrogens (tertiary/aromatic N) is 1. The van der Waals surface area contributed by atoms with E-state index in [1.54, 1.807) is 13.3 Å². The lowest BCUT2D eigenvalue weighted by Crippen LogP contribution is -2.06. The third kappa shape index (κ3) is 3.17. The summed E-state index contributed by atoms with van der Waals surface area (Å²) in [5.74, 6) is 0.859. The first-order valence-corrected chi connectivity index (χ1v) is 4.19. The molecule has 1 heteroatoms. The van der Waals surface area contributed by atoms with Crippen molar-refractivity contribution in [1.82, 2.24) is 0 Å². The van der Waals surface area contributed by atoms with Crippen LogP contribution in [-0.2, 0) is 0 Å². The molecule has 1 rings (SSSR count). The first kappa shape index (κ1) is 8.25. The Bertz CT molecular complexity index is 173. The summed E-state index contributed by atoms with van der Waals surface area (Å²) in [6.45, 7) is 0. The number of allylic oxidation sites excluding steroid dienone is 4. The van der Waals surface area contributed by atoms with Crippen molar-refractivity contribution in [3.05, 3.63) is 24.3 Å². The highest BCUT2D eigenvalue weighted by molar-refractivity contribution is 5.71. The van der Waals surface area contributed by atoms with Crippen molar-refractivity contribution in [1.29, 1.82) is 0 Å². The van der Waals surface area contributed by atoms with Gasteiger partial charge in [0.2, 0.25) is 0 Å². The van der Waals surface area contributed by atoms with E-state index in [4.69, 9.17) is 0 Å². The molecule has 0 aromatic carbocycles. The van der Waals surface area contributed by atoms with Gasteiger partial charge in [0.05, 0.1) is 0 Å². The van der Waals surface area contributed by atoms with Crippen LogP contribution in [0.4, 0.5) is 0 Å². The molecule has 0 bridgehead atoms. The van der Waals surface area contributed by atoms with Crippen molar-refractivity contribution in [3.8, 4) is 0 Å². The zero-order valence-electron chi connectivity index (χ0n) is 7.03. The fraction of sp³-hybridized carbons (Fsp3) is 0.500. The van der Waals surface area contributed by atoms with Gasteiger partial charge in [-0.3, -0.25) is 4.99 Å². The Morgan fingerprint density at radius 2 is 2.00 bits per heavy atom.